The van der Waals surface area contributed by atoms with Crippen LogP contribution < -0.4 is 24.7 Å². The van der Waals surface area contributed by atoms with E-state index in [4.69, 9.17) is 14.2 Å². The molecule has 1 fully saturated rings. The summed E-state index contributed by atoms with van der Waals surface area (Å²) in [6.45, 7) is 4.52. The SMILES string of the molecule is COc1cnc2ccc(=O)n(CCN3CCC(N(C)c4cc5c(cn4)OCCO5)CC3)c2c1. The zero-order chi connectivity index (χ0) is 22.8. The summed E-state index contributed by atoms with van der Waals surface area (Å²) in [5, 5.41) is 0. The van der Waals surface area contributed by atoms with Gasteiger partial charge in [0, 0.05) is 57.5 Å². The molecule has 0 unspecified atom stereocenters. The van der Waals surface area contributed by atoms with Crippen molar-refractivity contribution in [3.63, 3.8) is 0 Å². The van der Waals surface area contributed by atoms with Crippen molar-refractivity contribution in [3.8, 4) is 17.2 Å². The van der Waals surface area contributed by atoms with Crippen LogP contribution in [-0.2, 0) is 6.54 Å². The third-order valence-electron chi connectivity index (χ3n) is 6.57. The van der Waals surface area contributed by atoms with Crippen molar-refractivity contribution in [3.05, 3.63) is 47.0 Å². The molecule has 0 amide bonds. The van der Waals surface area contributed by atoms with Crippen molar-refractivity contribution in [1.82, 2.24) is 19.4 Å². The van der Waals surface area contributed by atoms with Gasteiger partial charge in [-0.25, -0.2) is 4.98 Å². The maximum absolute atomic E-state index is 12.5. The second-order valence-corrected chi connectivity index (χ2v) is 8.47. The molecule has 2 aliphatic rings. The predicted molar refractivity (Wildman–Crippen MR) is 126 cm³/mol. The lowest BCUT2D eigenvalue weighted by atomic mass is 10.0. The van der Waals surface area contributed by atoms with Gasteiger partial charge in [0.1, 0.15) is 24.8 Å². The minimum absolute atomic E-state index is 0.0168. The van der Waals surface area contributed by atoms with Crippen LogP contribution in [0.25, 0.3) is 11.0 Å². The van der Waals surface area contributed by atoms with E-state index in [0.29, 0.717) is 37.3 Å². The highest BCUT2D eigenvalue weighted by Crippen LogP contribution is 2.33. The number of nitrogens with zero attached hydrogens (tertiary/aromatic N) is 5. The molecule has 1 saturated heterocycles. The van der Waals surface area contributed by atoms with E-state index in [2.05, 4.69) is 26.8 Å². The van der Waals surface area contributed by atoms with Crippen LogP contribution in [0.5, 0.6) is 17.2 Å². The Balaban J connectivity index is 1.21. The molecule has 0 saturated carbocycles. The Morgan fingerprint density at radius 1 is 1.06 bits per heavy atom. The van der Waals surface area contributed by atoms with Crippen LogP contribution in [0.2, 0.25) is 0 Å². The number of pyridine rings is 3. The van der Waals surface area contributed by atoms with E-state index in [-0.39, 0.29) is 5.56 Å². The van der Waals surface area contributed by atoms with Gasteiger partial charge < -0.3 is 28.6 Å². The summed E-state index contributed by atoms with van der Waals surface area (Å²) in [5.74, 6) is 3.03. The quantitative estimate of drug-likeness (QED) is 0.564. The van der Waals surface area contributed by atoms with Crippen LogP contribution in [0.3, 0.4) is 0 Å². The van der Waals surface area contributed by atoms with Crippen LogP contribution >= 0.6 is 0 Å². The average Bonchev–Trinajstić information content (AvgIpc) is 2.87. The summed E-state index contributed by atoms with van der Waals surface area (Å²) in [7, 11) is 3.70. The molecule has 9 nitrogen and oxygen atoms in total. The highest BCUT2D eigenvalue weighted by Gasteiger charge is 2.24. The van der Waals surface area contributed by atoms with Crippen molar-refractivity contribution in [2.24, 2.45) is 0 Å². The van der Waals surface area contributed by atoms with Crippen LogP contribution in [0.15, 0.2) is 41.5 Å². The van der Waals surface area contributed by atoms with Gasteiger partial charge in [-0.1, -0.05) is 0 Å². The summed E-state index contributed by atoms with van der Waals surface area (Å²) in [5.41, 5.74) is 1.58. The highest BCUT2D eigenvalue weighted by molar-refractivity contribution is 5.75. The maximum atomic E-state index is 12.5. The second-order valence-electron chi connectivity index (χ2n) is 8.47. The zero-order valence-electron chi connectivity index (χ0n) is 19.1. The lowest BCUT2D eigenvalue weighted by molar-refractivity contribution is 0.170. The summed E-state index contributed by atoms with van der Waals surface area (Å²) in [6, 6.07) is 7.61. The van der Waals surface area contributed by atoms with E-state index < -0.39 is 0 Å². The van der Waals surface area contributed by atoms with E-state index in [1.165, 1.54) is 0 Å². The summed E-state index contributed by atoms with van der Waals surface area (Å²) in [6.07, 6.45) is 5.50. The maximum Gasteiger partial charge on any atom is 0.251 e. The Labute approximate surface area is 192 Å². The molecule has 3 aromatic rings. The Hall–Kier alpha value is -3.33. The fraction of sp³-hybridized carbons (Fsp3) is 0.458. The van der Waals surface area contributed by atoms with Crippen LogP contribution in [0, 0.1) is 0 Å². The monoisotopic (exact) mass is 451 g/mol. The number of piperidine rings is 1. The van der Waals surface area contributed by atoms with Gasteiger partial charge in [0.2, 0.25) is 0 Å². The van der Waals surface area contributed by atoms with Gasteiger partial charge >= 0.3 is 0 Å². The standard InChI is InChI=1S/C24H29N5O4/c1-27(23-14-21-22(16-26-23)33-12-11-32-21)17-5-7-28(8-6-17)9-10-29-20-13-18(31-2)15-25-19(20)3-4-24(29)30/h3-4,13-17H,5-12H2,1-2H3. The predicted octanol–water partition coefficient (Wildman–Crippen LogP) is 2.17. The van der Waals surface area contributed by atoms with Crippen molar-refractivity contribution < 1.29 is 14.2 Å². The number of anilines is 1. The fourth-order valence-electron chi connectivity index (χ4n) is 4.58. The molecule has 5 rings (SSSR count). The average molecular weight is 452 g/mol. The van der Waals surface area contributed by atoms with Gasteiger partial charge in [-0.2, -0.15) is 0 Å². The molecule has 174 valence electrons. The lowest BCUT2D eigenvalue weighted by Gasteiger charge is -2.37. The largest absolute Gasteiger partial charge is 0.495 e. The Kier molecular flexibility index (Phi) is 6.04. The Morgan fingerprint density at radius 3 is 2.64 bits per heavy atom. The number of fused-ring (bicyclic) bond motifs is 2. The lowest BCUT2D eigenvalue weighted by Crippen LogP contribution is -2.45. The number of hydrogen-bond donors (Lipinski definition) is 0. The molecule has 0 bridgehead atoms. The van der Waals surface area contributed by atoms with Crippen molar-refractivity contribution in [1.29, 1.82) is 0 Å². The van der Waals surface area contributed by atoms with E-state index in [9.17, 15) is 4.79 Å². The molecular formula is C24H29N5O4. The molecule has 0 aromatic carbocycles. The van der Waals surface area contributed by atoms with E-state index >= 15 is 0 Å². The molecule has 0 aliphatic carbocycles. The highest BCUT2D eigenvalue weighted by atomic mass is 16.6. The van der Waals surface area contributed by atoms with Crippen molar-refractivity contribution in [2.45, 2.75) is 25.4 Å². The van der Waals surface area contributed by atoms with E-state index in [0.717, 1.165) is 55.1 Å². The third kappa shape index (κ3) is 4.45. The van der Waals surface area contributed by atoms with Crippen molar-refractivity contribution in [2.75, 3.05) is 51.9 Å². The molecule has 0 atom stereocenters. The Bertz CT molecular complexity index is 1190. The number of ether oxygens (including phenoxy) is 3. The summed E-state index contributed by atoms with van der Waals surface area (Å²) < 4.78 is 18.4. The molecule has 3 aromatic heterocycles. The smallest absolute Gasteiger partial charge is 0.251 e. The van der Waals surface area contributed by atoms with Gasteiger partial charge in [-0.05, 0) is 18.9 Å². The number of hydrogen-bond acceptors (Lipinski definition) is 8. The minimum Gasteiger partial charge on any atom is -0.495 e. The van der Waals surface area contributed by atoms with Gasteiger partial charge in [0.25, 0.3) is 5.56 Å². The number of aromatic nitrogens is 3. The first-order valence-electron chi connectivity index (χ1n) is 11.4. The van der Waals surface area contributed by atoms with Crippen LogP contribution in [0.4, 0.5) is 5.82 Å². The van der Waals surface area contributed by atoms with E-state index in [1.807, 2.05) is 12.1 Å². The van der Waals surface area contributed by atoms with Crippen molar-refractivity contribution >= 4 is 16.9 Å². The van der Waals surface area contributed by atoms with Gasteiger partial charge in [-0.3, -0.25) is 9.78 Å². The number of rotatable bonds is 6. The molecule has 2 aliphatic heterocycles. The van der Waals surface area contributed by atoms with Crippen LogP contribution in [0.1, 0.15) is 12.8 Å². The molecule has 0 radical (unpaired) electrons. The van der Waals surface area contributed by atoms with Gasteiger partial charge in [0.05, 0.1) is 30.5 Å². The first-order valence-corrected chi connectivity index (χ1v) is 11.4. The molecule has 0 N–H and O–H groups in total. The Morgan fingerprint density at radius 2 is 1.85 bits per heavy atom. The number of likely N-dealkylation sites (tertiary alicyclic amines) is 1. The first-order chi connectivity index (χ1) is 16.1. The van der Waals surface area contributed by atoms with E-state index in [1.54, 1.807) is 36.2 Å². The van der Waals surface area contributed by atoms with Gasteiger partial charge in [-0.15, -0.1) is 0 Å². The third-order valence-corrected chi connectivity index (χ3v) is 6.57. The molecule has 5 heterocycles. The molecular weight excluding hydrogens is 422 g/mol. The molecule has 33 heavy (non-hydrogen) atoms. The zero-order valence-corrected chi connectivity index (χ0v) is 19.1. The van der Waals surface area contributed by atoms with Gasteiger partial charge in [0.15, 0.2) is 11.5 Å². The number of methoxy groups -OCH3 is 1. The molecule has 9 heteroatoms. The topological polar surface area (TPSA) is 82.0 Å². The normalized spacial score (nSPS) is 16.7. The molecule has 0 spiro atoms. The summed E-state index contributed by atoms with van der Waals surface area (Å²) in [4.78, 5) is 26.2. The summed E-state index contributed by atoms with van der Waals surface area (Å²) >= 11 is 0. The second kappa shape index (κ2) is 9.27. The first kappa shape index (κ1) is 21.5. The minimum atomic E-state index is -0.0168. The van der Waals surface area contributed by atoms with Crippen LogP contribution in [-0.4, -0.2) is 72.5 Å². The fourth-order valence-corrected chi connectivity index (χ4v) is 4.58.